The van der Waals surface area contributed by atoms with Crippen LogP contribution in [0.25, 0.3) is 0 Å². The van der Waals surface area contributed by atoms with Gasteiger partial charge in [-0.1, -0.05) is 176 Å². The van der Waals surface area contributed by atoms with Gasteiger partial charge in [-0.05, 0) is 89.9 Å². The number of aliphatic hydroxyl groups is 1. The van der Waals surface area contributed by atoms with Gasteiger partial charge >= 0.3 is 25.7 Å². The second-order valence-electron chi connectivity index (χ2n) is 16.6. The average molecular weight is 947 g/mol. The smallest absolute Gasteiger partial charge is 0.462 e. The zero-order valence-electron chi connectivity index (χ0n) is 41.4. The van der Waals surface area contributed by atoms with E-state index in [0.29, 0.717) is 19.3 Å². The normalized spacial score (nSPS) is 14.2. The van der Waals surface area contributed by atoms with Gasteiger partial charge in [0.05, 0.1) is 19.8 Å². The molecule has 3 unspecified atom stereocenters. The fourth-order valence-electron chi connectivity index (χ4n) is 6.48. The van der Waals surface area contributed by atoms with Crippen LogP contribution in [0, 0.1) is 0 Å². The summed E-state index contributed by atoms with van der Waals surface area (Å²) < 4.78 is 39.2. The molecule has 66 heavy (non-hydrogen) atoms. The lowest BCUT2D eigenvalue weighted by atomic mass is 10.1. The monoisotopic (exact) mass is 947 g/mol. The summed E-state index contributed by atoms with van der Waals surface area (Å²) in [6.07, 6.45) is 52.8. The second-order valence-corrected chi connectivity index (χ2v) is 18.0. The van der Waals surface area contributed by atoms with Crippen LogP contribution in [0.3, 0.4) is 0 Å². The van der Waals surface area contributed by atoms with Crippen molar-refractivity contribution in [1.82, 2.24) is 0 Å². The molecule has 0 amide bonds. The van der Waals surface area contributed by atoms with Crippen LogP contribution in [-0.4, -0.2) is 66.5 Å². The lowest BCUT2D eigenvalue weighted by molar-refractivity contribution is -0.161. The van der Waals surface area contributed by atoms with Crippen molar-refractivity contribution in [2.45, 2.75) is 213 Å². The lowest BCUT2D eigenvalue weighted by Gasteiger charge is -2.21. The number of carbonyl (C=O) groups is 3. The van der Waals surface area contributed by atoms with Gasteiger partial charge in [-0.3, -0.25) is 23.4 Å². The highest BCUT2D eigenvalue weighted by molar-refractivity contribution is 7.47. The first kappa shape index (κ1) is 62.7. The fraction of sp³-hybridized carbons (Fsp3) is 0.685. The van der Waals surface area contributed by atoms with E-state index >= 15 is 0 Å². The zero-order valence-corrected chi connectivity index (χ0v) is 42.3. The van der Waals surface area contributed by atoms with Crippen LogP contribution < -0.4 is 0 Å². The molecule has 0 saturated carbocycles. The maximum absolute atomic E-state index is 12.8. The van der Waals surface area contributed by atoms with E-state index in [1.807, 2.05) is 0 Å². The predicted octanol–water partition coefficient (Wildman–Crippen LogP) is 14.4. The number of phosphoric acid groups is 1. The third-order valence-corrected chi connectivity index (χ3v) is 11.3. The topological polar surface area (TPSA) is 155 Å². The van der Waals surface area contributed by atoms with Crippen molar-refractivity contribution in [1.29, 1.82) is 0 Å². The Balaban J connectivity index is 4.84. The maximum Gasteiger partial charge on any atom is 0.472 e. The van der Waals surface area contributed by atoms with Gasteiger partial charge in [0.25, 0.3) is 0 Å². The summed E-state index contributed by atoms with van der Waals surface area (Å²) >= 11 is 0. The second kappa shape index (κ2) is 48.1. The molecule has 12 heteroatoms. The van der Waals surface area contributed by atoms with Crippen molar-refractivity contribution in [3.05, 3.63) is 85.1 Å². The Morgan fingerprint density at radius 3 is 1.23 bits per heavy atom. The van der Waals surface area contributed by atoms with Crippen LogP contribution >= 0.6 is 7.82 Å². The maximum atomic E-state index is 12.8. The molecule has 0 heterocycles. The van der Waals surface area contributed by atoms with Crippen LogP contribution in [0.15, 0.2) is 85.1 Å². The van der Waals surface area contributed by atoms with Gasteiger partial charge in [-0.2, -0.15) is 0 Å². The molecule has 3 atom stereocenters. The van der Waals surface area contributed by atoms with Gasteiger partial charge in [-0.15, -0.1) is 0 Å². The number of unbranched alkanes of at least 4 members (excludes halogenated alkanes) is 15. The van der Waals surface area contributed by atoms with Gasteiger partial charge in [0.2, 0.25) is 0 Å². The van der Waals surface area contributed by atoms with Crippen LogP contribution in [0.4, 0.5) is 0 Å². The molecule has 0 aromatic carbocycles. The summed E-state index contributed by atoms with van der Waals surface area (Å²) in [6.45, 7) is 4.30. The highest BCUT2D eigenvalue weighted by atomic mass is 31.2. The van der Waals surface area contributed by atoms with Gasteiger partial charge in [0.1, 0.15) is 12.7 Å². The van der Waals surface area contributed by atoms with Gasteiger partial charge in [0.15, 0.2) is 6.10 Å². The van der Waals surface area contributed by atoms with Crippen molar-refractivity contribution in [3.63, 3.8) is 0 Å². The van der Waals surface area contributed by atoms with Crippen LogP contribution in [-0.2, 0) is 42.2 Å². The van der Waals surface area contributed by atoms with E-state index in [1.54, 1.807) is 0 Å². The highest BCUT2D eigenvalue weighted by Gasteiger charge is 2.28. The Hall–Kier alpha value is -3.34. The van der Waals surface area contributed by atoms with E-state index < -0.39 is 57.8 Å². The summed E-state index contributed by atoms with van der Waals surface area (Å²) in [5.41, 5.74) is 0. The average Bonchev–Trinajstić information content (AvgIpc) is 3.30. The van der Waals surface area contributed by atoms with Crippen molar-refractivity contribution < 1.29 is 52.2 Å². The van der Waals surface area contributed by atoms with E-state index in [9.17, 15) is 28.9 Å². The Kier molecular flexibility index (Phi) is 45.7. The Morgan fingerprint density at radius 1 is 0.439 bits per heavy atom. The molecule has 0 aliphatic heterocycles. The molecule has 0 radical (unpaired) electrons. The van der Waals surface area contributed by atoms with E-state index in [0.717, 1.165) is 109 Å². The number of esters is 3. The number of rotatable bonds is 46. The zero-order chi connectivity index (χ0) is 48.4. The van der Waals surface area contributed by atoms with Crippen LogP contribution in [0.5, 0.6) is 0 Å². The minimum absolute atomic E-state index is 0.130. The number of phosphoric ester groups is 1. The molecule has 0 aliphatic rings. The first-order chi connectivity index (χ1) is 32.2. The van der Waals surface area contributed by atoms with E-state index in [4.69, 9.17) is 23.3 Å². The number of carbonyl (C=O) groups excluding carboxylic acids is 3. The quantitative estimate of drug-likeness (QED) is 0.0197. The molecular weight excluding hydrogens is 856 g/mol. The molecule has 11 nitrogen and oxygen atoms in total. The molecule has 0 rings (SSSR count). The number of hydrogen-bond donors (Lipinski definition) is 2. The SMILES string of the molecule is CC/C=C\C/C=C\C/C=C\C/C=C\CCCCCCC(=O)OC(COC(=O)CCCCC/C=C\C/C=C\C/C=C\CC)COP(=O)(O)OCC(CO)OC(=O)CCCCCCCCCCC. The summed E-state index contributed by atoms with van der Waals surface area (Å²) in [7, 11) is -4.75. The number of allylic oxidation sites excluding steroid dienone is 14. The van der Waals surface area contributed by atoms with Crippen molar-refractivity contribution in [3.8, 4) is 0 Å². The molecular formula is C54H91O11P. The Bertz CT molecular complexity index is 1430. The predicted molar refractivity (Wildman–Crippen MR) is 270 cm³/mol. The van der Waals surface area contributed by atoms with Crippen molar-refractivity contribution >= 4 is 25.7 Å². The number of ether oxygens (including phenoxy) is 3. The van der Waals surface area contributed by atoms with Crippen molar-refractivity contribution in [2.24, 2.45) is 0 Å². The van der Waals surface area contributed by atoms with Gasteiger partial charge < -0.3 is 24.2 Å². The first-order valence-corrected chi connectivity index (χ1v) is 27.0. The molecule has 0 bridgehead atoms. The molecule has 0 saturated heterocycles. The van der Waals surface area contributed by atoms with E-state index in [1.165, 1.54) is 32.1 Å². The first-order valence-electron chi connectivity index (χ1n) is 25.5. The molecule has 0 fully saturated rings. The molecule has 378 valence electrons. The molecule has 0 aromatic rings. The largest absolute Gasteiger partial charge is 0.472 e. The molecule has 0 aromatic heterocycles. The fourth-order valence-corrected chi connectivity index (χ4v) is 7.26. The van der Waals surface area contributed by atoms with Gasteiger partial charge in [0, 0.05) is 19.3 Å². The van der Waals surface area contributed by atoms with Crippen LogP contribution in [0.1, 0.15) is 201 Å². The molecule has 0 aliphatic carbocycles. The third-order valence-electron chi connectivity index (χ3n) is 10.3. The van der Waals surface area contributed by atoms with Gasteiger partial charge in [-0.25, -0.2) is 4.57 Å². The third kappa shape index (κ3) is 45.8. The summed E-state index contributed by atoms with van der Waals surface area (Å²) in [6, 6.07) is 0. The lowest BCUT2D eigenvalue weighted by Crippen LogP contribution is -2.30. The standard InChI is InChI=1S/C54H91O11P/c1-4-7-10-13-16-19-21-23-24-25-26-28-30-33-36-39-42-45-54(58)65-51(47-61-52(56)43-40-37-34-32-29-27-22-20-17-14-11-8-5-2)49-63-66(59,60)62-48-50(46-55)64-53(57)44-41-38-35-31-18-15-12-9-6-3/h7-8,10-11,16-17,19-20,23-24,26-29,50-51,55H,4-6,9,12-15,18,21-22,25,30-49H2,1-3H3,(H,59,60)/b10-7-,11-8-,19-16-,20-17-,24-23-,28-26-,29-27-. The molecule has 2 N–H and O–H groups in total. The highest BCUT2D eigenvalue weighted by Crippen LogP contribution is 2.43. The summed E-state index contributed by atoms with van der Waals surface area (Å²) in [5.74, 6) is -1.54. The Labute approximate surface area is 400 Å². The number of aliphatic hydroxyl groups excluding tert-OH is 1. The van der Waals surface area contributed by atoms with Crippen LogP contribution in [0.2, 0.25) is 0 Å². The Morgan fingerprint density at radius 2 is 0.788 bits per heavy atom. The molecule has 0 spiro atoms. The van der Waals surface area contributed by atoms with E-state index in [2.05, 4.69) is 106 Å². The minimum atomic E-state index is -4.75. The van der Waals surface area contributed by atoms with E-state index in [-0.39, 0.29) is 25.9 Å². The minimum Gasteiger partial charge on any atom is -0.462 e. The summed E-state index contributed by atoms with van der Waals surface area (Å²) in [4.78, 5) is 48.2. The summed E-state index contributed by atoms with van der Waals surface area (Å²) in [5, 5.41) is 9.74. The van der Waals surface area contributed by atoms with Crippen molar-refractivity contribution in [2.75, 3.05) is 26.4 Å². The number of hydrogen-bond acceptors (Lipinski definition) is 10.